The molecular weight excluding hydrogens is 450 g/mol. The number of nitrogens with one attached hydrogen (secondary N) is 3. The number of aliphatic carboxylic acids is 2. The van der Waals surface area contributed by atoms with Crippen LogP contribution in [-0.4, -0.2) is 82.1 Å². The Hall–Kier alpha value is -2.03. The first-order valence-electron chi connectivity index (χ1n) is 9.60. The van der Waals surface area contributed by atoms with Gasteiger partial charge in [0.05, 0.1) is 6.04 Å². The van der Waals surface area contributed by atoms with Crippen molar-refractivity contribution < 1.29 is 34.2 Å². The van der Waals surface area contributed by atoms with Crippen LogP contribution in [0.15, 0.2) is 0 Å². The molecule has 0 fully saturated rings. The Labute approximate surface area is 191 Å². The van der Waals surface area contributed by atoms with Gasteiger partial charge in [-0.15, -0.1) is 0 Å². The van der Waals surface area contributed by atoms with Crippen LogP contribution in [0.3, 0.4) is 0 Å². The molecule has 31 heavy (non-hydrogen) atoms. The summed E-state index contributed by atoms with van der Waals surface area (Å²) in [5, 5.41) is 25.1. The molecule has 9 N–H and O–H groups in total. The van der Waals surface area contributed by atoms with E-state index in [1.54, 1.807) is 0 Å². The smallest absolute Gasteiger partial charge is 0.326 e. The highest BCUT2D eigenvalue weighted by molar-refractivity contribution is 7.80. The minimum Gasteiger partial charge on any atom is -0.481 e. The molecule has 0 aromatic rings. The summed E-state index contributed by atoms with van der Waals surface area (Å²) in [6, 6.07) is -4.59. The fraction of sp³-hybridized carbons (Fsp3) is 0.706. The molecule has 0 saturated heterocycles. The number of carboxylic acids is 2. The van der Waals surface area contributed by atoms with Gasteiger partial charge in [0.1, 0.15) is 18.1 Å². The van der Waals surface area contributed by atoms with Crippen LogP contribution < -0.4 is 27.4 Å². The molecule has 4 unspecified atom stereocenters. The Bertz CT molecular complexity index is 638. The molecule has 0 spiro atoms. The van der Waals surface area contributed by atoms with E-state index < -0.39 is 60.2 Å². The summed E-state index contributed by atoms with van der Waals surface area (Å²) >= 11 is 7.94. The zero-order valence-corrected chi connectivity index (χ0v) is 18.7. The highest BCUT2D eigenvalue weighted by atomic mass is 32.1. The molecule has 12 nitrogen and oxygen atoms in total. The van der Waals surface area contributed by atoms with E-state index in [0.29, 0.717) is 19.4 Å². The third-order valence-electron chi connectivity index (χ3n) is 4.19. The van der Waals surface area contributed by atoms with Gasteiger partial charge in [-0.2, -0.15) is 25.3 Å². The fourth-order valence-corrected chi connectivity index (χ4v) is 2.81. The van der Waals surface area contributed by atoms with E-state index in [4.69, 9.17) is 16.6 Å². The topological polar surface area (TPSA) is 214 Å². The molecule has 14 heteroatoms. The summed E-state index contributed by atoms with van der Waals surface area (Å²) in [6.07, 6.45) is 0.398. The number of thiol groups is 2. The maximum atomic E-state index is 12.6. The fourth-order valence-electron chi connectivity index (χ4n) is 2.39. The van der Waals surface area contributed by atoms with E-state index in [2.05, 4.69) is 41.2 Å². The quantitative estimate of drug-likeness (QED) is 0.0855. The Balaban J connectivity index is 5.26. The SMILES string of the molecule is NCCCCC(NC(=O)C(CS)NC(=O)C(N)CS)C(=O)NC(CCC(=O)O)C(=O)O. The lowest BCUT2D eigenvalue weighted by Crippen LogP contribution is -2.57. The van der Waals surface area contributed by atoms with Crippen LogP contribution in [0, 0.1) is 0 Å². The second-order valence-corrected chi connectivity index (χ2v) is 7.44. The molecule has 0 aromatic carbocycles. The number of unbranched alkanes of at least 4 members (excludes halogenated alkanes) is 1. The lowest BCUT2D eigenvalue weighted by Gasteiger charge is -2.24. The number of hydrogen-bond donors (Lipinski definition) is 9. The number of carbonyl (C=O) groups excluding carboxylic acids is 3. The Morgan fingerprint density at radius 2 is 1.32 bits per heavy atom. The predicted octanol–water partition coefficient (Wildman–Crippen LogP) is -2.29. The van der Waals surface area contributed by atoms with Gasteiger partial charge in [-0.25, -0.2) is 4.79 Å². The zero-order valence-electron chi connectivity index (χ0n) is 17.0. The molecule has 4 atom stereocenters. The van der Waals surface area contributed by atoms with E-state index >= 15 is 0 Å². The highest BCUT2D eigenvalue weighted by Gasteiger charge is 2.29. The Morgan fingerprint density at radius 3 is 1.81 bits per heavy atom. The number of nitrogens with two attached hydrogens (primary N) is 2. The lowest BCUT2D eigenvalue weighted by atomic mass is 10.1. The number of hydrogen-bond acceptors (Lipinski definition) is 9. The Kier molecular flexibility index (Phi) is 14.7. The van der Waals surface area contributed by atoms with Crippen LogP contribution in [0.5, 0.6) is 0 Å². The van der Waals surface area contributed by atoms with E-state index in [1.165, 1.54) is 0 Å². The molecule has 0 radical (unpaired) electrons. The van der Waals surface area contributed by atoms with Crippen molar-refractivity contribution in [2.45, 2.75) is 56.3 Å². The van der Waals surface area contributed by atoms with Crippen molar-refractivity contribution >= 4 is 54.9 Å². The van der Waals surface area contributed by atoms with Crippen molar-refractivity contribution in [1.29, 1.82) is 0 Å². The van der Waals surface area contributed by atoms with Crippen molar-refractivity contribution in [3.63, 3.8) is 0 Å². The molecule has 178 valence electrons. The summed E-state index contributed by atoms with van der Waals surface area (Å²) < 4.78 is 0. The van der Waals surface area contributed by atoms with Gasteiger partial charge in [0.2, 0.25) is 17.7 Å². The molecule has 0 heterocycles. The standard InChI is InChI=1S/C17H31N5O7S2/c18-6-2-1-3-10(15(26)21-11(17(28)29)4-5-13(23)24)20-16(27)12(8-31)22-14(25)9(19)7-30/h9-12,30-31H,1-8,18-19H2,(H,20,27)(H,21,26)(H,22,25)(H,23,24)(H,28,29). The molecule has 3 amide bonds. The van der Waals surface area contributed by atoms with Crippen LogP contribution in [0.1, 0.15) is 32.1 Å². The van der Waals surface area contributed by atoms with E-state index in [1.807, 2.05) is 0 Å². The monoisotopic (exact) mass is 481 g/mol. The predicted molar refractivity (Wildman–Crippen MR) is 119 cm³/mol. The van der Waals surface area contributed by atoms with Gasteiger partial charge in [0, 0.05) is 17.9 Å². The minimum absolute atomic E-state index is 0.0593. The van der Waals surface area contributed by atoms with Crippen molar-refractivity contribution in [2.75, 3.05) is 18.1 Å². The van der Waals surface area contributed by atoms with Gasteiger partial charge in [0.25, 0.3) is 0 Å². The van der Waals surface area contributed by atoms with E-state index in [0.717, 1.165) is 0 Å². The lowest BCUT2D eigenvalue weighted by molar-refractivity contribution is -0.143. The van der Waals surface area contributed by atoms with E-state index in [9.17, 15) is 29.1 Å². The second-order valence-electron chi connectivity index (χ2n) is 6.71. The van der Waals surface area contributed by atoms with Gasteiger partial charge < -0.3 is 37.6 Å². The largest absolute Gasteiger partial charge is 0.481 e. The number of carboxylic acid groups (broad SMARTS) is 2. The summed E-state index contributed by atoms with van der Waals surface area (Å²) in [7, 11) is 0. The first-order valence-corrected chi connectivity index (χ1v) is 10.9. The van der Waals surface area contributed by atoms with Crippen LogP contribution in [0.4, 0.5) is 0 Å². The number of carbonyl (C=O) groups is 5. The van der Waals surface area contributed by atoms with Crippen molar-refractivity contribution in [1.82, 2.24) is 16.0 Å². The highest BCUT2D eigenvalue weighted by Crippen LogP contribution is 2.05. The van der Waals surface area contributed by atoms with Gasteiger partial charge >= 0.3 is 11.9 Å². The van der Waals surface area contributed by atoms with Crippen molar-refractivity contribution in [3.05, 3.63) is 0 Å². The van der Waals surface area contributed by atoms with Crippen LogP contribution in [0.25, 0.3) is 0 Å². The molecule has 0 aliphatic heterocycles. The summed E-state index contributed by atoms with van der Waals surface area (Å²) in [4.78, 5) is 59.1. The average Bonchev–Trinajstić information content (AvgIpc) is 2.72. The van der Waals surface area contributed by atoms with Crippen LogP contribution in [-0.2, 0) is 24.0 Å². The third kappa shape index (κ3) is 11.8. The zero-order chi connectivity index (χ0) is 24.0. The van der Waals surface area contributed by atoms with Gasteiger partial charge in [-0.05, 0) is 32.2 Å². The van der Waals surface area contributed by atoms with Crippen LogP contribution >= 0.6 is 25.3 Å². The third-order valence-corrected chi connectivity index (χ3v) is 4.95. The Morgan fingerprint density at radius 1 is 0.774 bits per heavy atom. The first-order chi connectivity index (χ1) is 14.6. The molecule has 0 bridgehead atoms. The second kappa shape index (κ2) is 15.7. The van der Waals surface area contributed by atoms with Crippen molar-refractivity contribution in [2.24, 2.45) is 11.5 Å². The molecule has 0 aromatic heterocycles. The molecule has 0 saturated carbocycles. The molecule has 0 aliphatic carbocycles. The maximum absolute atomic E-state index is 12.6. The van der Waals surface area contributed by atoms with Gasteiger partial charge in [-0.1, -0.05) is 0 Å². The number of rotatable bonds is 16. The maximum Gasteiger partial charge on any atom is 0.326 e. The van der Waals surface area contributed by atoms with E-state index in [-0.39, 0.29) is 24.3 Å². The average molecular weight is 482 g/mol. The van der Waals surface area contributed by atoms with Gasteiger partial charge in [-0.3, -0.25) is 19.2 Å². The summed E-state index contributed by atoms with van der Waals surface area (Å²) in [5.74, 6) is -4.75. The first kappa shape index (κ1) is 29.0. The summed E-state index contributed by atoms with van der Waals surface area (Å²) in [6.45, 7) is 0.357. The minimum atomic E-state index is -1.44. The van der Waals surface area contributed by atoms with Crippen molar-refractivity contribution in [3.8, 4) is 0 Å². The molecule has 0 aliphatic rings. The normalized spacial score (nSPS) is 14.6. The van der Waals surface area contributed by atoms with Crippen LogP contribution in [0.2, 0.25) is 0 Å². The van der Waals surface area contributed by atoms with Gasteiger partial charge in [0.15, 0.2) is 0 Å². The number of amides is 3. The molecule has 0 rings (SSSR count). The summed E-state index contributed by atoms with van der Waals surface area (Å²) in [5.41, 5.74) is 11.0. The molecular formula is C17H31N5O7S2.